The van der Waals surface area contributed by atoms with Crippen LogP contribution in [-0.4, -0.2) is 12.5 Å². The number of hydrogen-bond acceptors (Lipinski definition) is 3. The minimum Gasteiger partial charge on any atom is -0.367 e. The number of fused-ring (bicyclic) bond motifs is 1. The fourth-order valence-corrected chi connectivity index (χ4v) is 3.15. The molecule has 1 N–H and O–H groups in total. The molecule has 0 fully saturated rings. The third kappa shape index (κ3) is 3.15. The van der Waals surface area contributed by atoms with Gasteiger partial charge in [0.15, 0.2) is 0 Å². The molecule has 1 heterocycles. The fourth-order valence-electron chi connectivity index (χ4n) is 2.93. The van der Waals surface area contributed by atoms with Crippen molar-refractivity contribution in [2.45, 2.75) is 19.9 Å². The number of amides is 1. The topological polar surface area (TPSA) is 56.1 Å². The summed E-state index contributed by atoms with van der Waals surface area (Å²) in [4.78, 5) is 13.5. The number of nitrogens with one attached hydrogen (secondary N) is 1. The average Bonchev–Trinajstić information content (AvgIpc) is 2.54. The summed E-state index contributed by atoms with van der Waals surface area (Å²) < 4.78 is 0. The summed E-state index contributed by atoms with van der Waals surface area (Å²) in [6.45, 7) is 3.12. The molecule has 116 valence electrons. The summed E-state index contributed by atoms with van der Waals surface area (Å²) >= 11 is 6.13. The Hall–Kier alpha value is -2.51. The third-order valence-corrected chi connectivity index (χ3v) is 4.33. The first-order chi connectivity index (χ1) is 11.1. The molecule has 0 aliphatic carbocycles. The van der Waals surface area contributed by atoms with Crippen molar-refractivity contribution in [3.63, 3.8) is 0 Å². The lowest BCUT2D eigenvalue weighted by Crippen LogP contribution is -2.31. The Kier molecular flexibility index (Phi) is 4.22. The Morgan fingerprint density at radius 2 is 2.17 bits per heavy atom. The zero-order valence-electron chi connectivity index (χ0n) is 12.8. The van der Waals surface area contributed by atoms with Gasteiger partial charge in [-0.1, -0.05) is 23.7 Å². The molecular formula is C18H16ClN3O. The highest BCUT2D eigenvalue weighted by Crippen LogP contribution is 2.31. The molecule has 1 aliphatic rings. The van der Waals surface area contributed by atoms with E-state index in [0.717, 1.165) is 30.9 Å². The SMILES string of the molecule is CC(=O)Nc1cccc2c1CCN(c1ccc(C#N)c(Cl)c1)C2. The predicted octanol–water partition coefficient (Wildman–Crippen LogP) is 3.73. The molecule has 23 heavy (non-hydrogen) atoms. The van der Waals surface area contributed by atoms with Crippen LogP contribution in [0.1, 0.15) is 23.6 Å². The summed E-state index contributed by atoms with van der Waals surface area (Å²) in [5, 5.41) is 12.3. The van der Waals surface area contributed by atoms with Crippen LogP contribution in [-0.2, 0) is 17.8 Å². The second-order valence-electron chi connectivity index (χ2n) is 5.57. The zero-order chi connectivity index (χ0) is 16.4. The van der Waals surface area contributed by atoms with E-state index in [0.29, 0.717) is 10.6 Å². The van der Waals surface area contributed by atoms with Gasteiger partial charge in [-0.2, -0.15) is 5.26 Å². The Morgan fingerprint density at radius 1 is 1.35 bits per heavy atom. The molecule has 0 bridgehead atoms. The number of carbonyl (C=O) groups excluding carboxylic acids is 1. The van der Waals surface area contributed by atoms with Gasteiger partial charge in [0.05, 0.1) is 10.6 Å². The maximum atomic E-state index is 11.3. The number of nitriles is 1. The summed E-state index contributed by atoms with van der Waals surface area (Å²) in [6.07, 6.45) is 0.851. The number of anilines is 2. The van der Waals surface area contributed by atoms with E-state index >= 15 is 0 Å². The van der Waals surface area contributed by atoms with Crippen LogP contribution in [0.3, 0.4) is 0 Å². The number of rotatable bonds is 2. The van der Waals surface area contributed by atoms with Gasteiger partial charge in [-0.15, -0.1) is 0 Å². The van der Waals surface area contributed by atoms with Gasteiger partial charge in [-0.05, 0) is 41.8 Å². The summed E-state index contributed by atoms with van der Waals surface area (Å²) in [6, 6.07) is 13.6. The van der Waals surface area contributed by atoms with Crippen LogP contribution in [0.25, 0.3) is 0 Å². The predicted molar refractivity (Wildman–Crippen MR) is 91.7 cm³/mol. The molecule has 0 atom stereocenters. The van der Waals surface area contributed by atoms with Gasteiger partial charge >= 0.3 is 0 Å². The minimum absolute atomic E-state index is 0.0558. The van der Waals surface area contributed by atoms with Crippen LogP contribution in [0, 0.1) is 11.3 Å². The summed E-state index contributed by atoms with van der Waals surface area (Å²) in [7, 11) is 0. The molecule has 5 heteroatoms. The Balaban J connectivity index is 1.87. The minimum atomic E-state index is -0.0558. The van der Waals surface area contributed by atoms with Gasteiger partial charge in [0, 0.05) is 31.4 Å². The molecule has 0 aromatic heterocycles. The highest BCUT2D eigenvalue weighted by Gasteiger charge is 2.20. The van der Waals surface area contributed by atoms with Gasteiger partial charge in [0.2, 0.25) is 5.91 Å². The quantitative estimate of drug-likeness (QED) is 0.915. The molecule has 2 aromatic rings. The van der Waals surface area contributed by atoms with Crippen LogP contribution in [0.2, 0.25) is 5.02 Å². The van der Waals surface area contributed by atoms with Crippen LogP contribution in [0.4, 0.5) is 11.4 Å². The molecular weight excluding hydrogens is 310 g/mol. The molecule has 3 rings (SSSR count). The molecule has 0 spiro atoms. The lowest BCUT2D eigenvalue weighted by Gasteiger charge is -2.32. The van der Waals surface area contributed by atoms with Crippen molar-refractivity contribution in [1.29, 1.82) is 5.26 Å². The number of halogens is 1. The van der Waals surface area contributed by atoms with E-state index in [4.69, 9.17) is 16.9 Å². The van der Waals surface area contributed by atoms with Gasteiger partial charge < -0.3 is 10.2 Å². The maximum Gasteiger partial charge on any atom is 0.221 e. The number of hydrogen-bond donors (Lipinski definition) is 1. The van der Waals surface area contributed by atoms with Crippen molar-refractivity contribution in [2.75, 3.05) is 16.8 Å². The number of carbonyl (C=O) groups is 1. The third-order valence-electron chi connectivity index (χ3n) is 4.01. The Morgan fingerprint density at radius 3 is 2.87 bits per heavy atom. The molecule has 0 unspecified atom stereocenters. The number of nitrogens with zero attached hydrogens (tertiary/aromatic N) is 2. The highest BCUT2D eigenvalue weighted by molar-refractivity contribution is 6.32. The van der Waals surface area contributed by atoms with Gasteiger partial charge in [0.25, 0.3) is 0 Å². The summed E-state index contributed by atoms with van der Waals surface area (Å²) in [5.74, 6) is -0.0558. The molecule has 0 radical (unpaired) electrons. The van der Waals surface area contributed by atoms with Crippen molar-refractivity contribution in [2.24, 2.45) is 0 Å². The van der Waals surface area contributed by atoms with Crippen LogP contribution in [0.5, 0.6) is 0 Å². The van der Waals surface area contributed by atoms with Gasteiger partial charge in [-0.3, -0.25) is 4.79 Å². The van der Waals surface area contributed by atoms with Crippen molar-refractivity contribution in [3.8, 4) is 6.07 Å². The van der Waals surface area contributed by atoms with E-state index in [-0.39, 0.29) is 5.91 Å². The average molecular weight is 326 g/mol. The monoisotopic (exact) mass is 325 g/mol. The zero-order valence-corrected chi connectivity index (χ0v) is 13.5. The van der Waals surface area contributed by atoms with Crippen molar-refractivity contribution in [3.05, 3.63) is 58.1 Å². The molecule has 0 saturated heterocycles. The fraction of sp³-hybridized carbons (Fsp3) is 0.222. The Labute approximate surface area is 140 Å². The van der Waals surface area contributed by atoms with Crippen molar-refractivity contribution in [1.82, 2.24) is 0 Å². The van der Waals surface area contributed by atoms with Crippen molar-refractivity contribution < 1.29 is 4.79 Å². The van der Waals surface area contributed by atoms with E-state index in [2.05, 4.69) is 22.4 Å². The van der Waals surface area contributed by atoms with Crippen LogP contribution >= 0.6 is 11.6 Å². The maximum absolute atomic E-state index is 11.3. The normalized spacial score (nSPS) is 13.2. The van der Waals surface area contributed by atoms with E-state index in [9.17, 15) is 4.79 Å². The van der Waals surface area contributed by atoms with E-state index < -0.39 is 0 Å². The lowest BCUT2D eigenvalue weighted by atomic mass is 9.97. The van der Waals surface area contributed by atoms with E-state index in [1.165, 1.54) is 18.1 Å². The highest BCUT2D eigenvalue weighted by atomic mass is 35.5. The first-order valence-corrected chi connectivity index (χ1v) is 7.79. The smallest absolute Gasteiger partial charge is 0.221 e. The van der Waals surface area contributed by atoms with Crippen LogP contribution in [0.15, 0.2) is 36.4 Å². The van der Waals surface area contributed by atoms with Crippen molar-refractivity contribution >= 4 is 28.9 Å². The van der Waals surface area contributed by atoms with Crippen LogP contribution < -0.4 is 10.2 Å². The molecule has 2 aromatic carbocycles. The standard InChI is InChI=1S/C18H16ClN3O/c1-12(23)21-18-4-2-3-14-11-22(8-7-16(14)18)15-6-5-13(10-20)17(19)9-15/h2-6,9H,7-8,11H2,1H3,(H,21,23). The first kappa shape index (κ1) is 15.4. The first-order valence-electron chi connectivity index (χ1n) is 7.41. The second kappa shape index (κ2) is 6.31. The van der Waals surface area contributed by atoms with Gasteiger partial charge in [-0.25, -0.2) is 0 Å². The molecule has 1 amide bonds. The second-order valence-corrected chi connectivity index (χ2v) is 5.98. The molecule has 0 saturated carbocycles. The number of benzene rings is 2. The van der Waals surface area contributed by atoms with E-state index in [1.807, 2.05) is 24.3 Å². The van der Waals surface area contributed by atoms with Gasteiger partial charge in [0.1, 0.15) is 6.07 Å². The molecule has 4 nitrogen and oxygen atoms in total. The summed E-state index contributed by atoms with van der Waals surface area (Å²) in [5.41, 5.74) is 4.78. The molecule has 1 aliphatic heterocycles. The largest absolute Gasteiger partial charge is 0.367 e. The Bertz CT molecular complexity index is 810. The lowest BCUT2D eigenvalue weighted by molar-refractivity contribution is -0.114. The van der Waals surface area contributed by atoms with E-state index in [1.54, 1.807) is 6.07 Å².